The predicted octanol–water partition coefficient (Wildman–Crippen LogP) is 5.95. The van der Waals surface area contributed by atoms with Crippen LogP contribution in [0.5, 0.6) is 0 Å². The summed E-state index contributed by atoms with van der Waals surface area (Å²) in [4.78, 5) is 59.7. The molecular formula is C40H42N2O6Sn. The van der Waals surface area contributed by atoms with Crippen LogP contribution in [-0.2, 0) is 0 Å². The number of aliphatic hydroxyl groups excluding tert-OH is 2. The number of carbonyl (C=O) groups excluding carboxylic acids is 4. The second kappa shape index (κ2) is 11.7. The van der Waals surface area contributed by atoms with Crippen LogP contribution in [0.3, 0.4) is 0 Å². The van der Waals surface area contributed by atoms with E-state index in [9.17, 15) is 29.4 Å². The fraction of sp³-hybridized carbons (Fsp3) is 0.400. The monoisotopic (exact) mass is 766 g/mol. The first-order chi connectivity index (χ1) is 23.7. The molecule has 2 N–H and O–H groups in total. The second-order valence-electron chi connectivity index (χ2n) is 14.3. The number of fused-ring (bicyclic) bond motifs is 1. The SMILES string of the molecule is CCC[CH2][Sn]1([CH2]CCC)[c]2cc3c4c(ccc5c6ccc7c8c(c[c]1c(c2c45)c86)C(=O)N(C(CC)CO)C7=O)C(=O)N(C(CC)CO)C3=O. The maximum atomic E-state index is 14.5. The van der Waals surface area contributed by atoms with Crippen molar-refractivity contribution in [2.75, 3.05) is 13.2 Å². The fourth-order valence-corrected chi connectivity index (χ4v) is 26.1. The first-order valence-electron chi connectivity index (χ1n) is 18.0. The molecule has 8 rings (SSSR count). The summed E-state index contributed by atoms with van der Waals surface area (Å²) in [5, 5.41) is 27.8. The van der Waals surface area contributed by atoms with Crippen molar-refractivity contribution in [2.45, 2.75) is 87.2 Å². The first-order valence-corrected chi connectivity index (χ1v) is 24.9. The topological polar surface area (TPSA) is 115 Å². The fourth-order valence-electron chi connectivity index (χ4n) is 9.47. The van der Waals surface area contributed by atoms with Crippen LogP contribution in [0.1, 0.15) is 108 Å². The molecule has 2 atom stereocenters. The Labute approximate surface area is 289 Å². The van der Waals surface area contributed by atoms with E-state index in [1.807, 2.05) is 38.1 Å². The third kappa shape index (κ3) is 4.05. The van der Waals surface area contributed by atoms with Crippen molar-refractivity contribution in [2.24, 2.45) is 0 Å². The van der Waals surface area contributed by atoms with Gasteiger partial charge < -0.3 is 0 Å². The van der Waals surface area contributed by atoms with E-state index in [4.69, 9.17) is 0 Å². The third-order valence-corrected chi connectivity index (χ3v) is 27.0. The molecule has 9 heteroatoms. The summed E-state index contributed by atoms with van der Waals surface area (Å²) >= 11 is -3.74. The summed E-state index contributed by atoms with van der Waals surface area (Å²) in [7, 11) is 0. The van der Waals surface area contributed by atoms with Crippen LogP contribution in [0.4, 0.5) is 0 Å². The Bertz CT molecular complexity index is 2110. The Balaban J connectivity index is 1.56. The normalized spacial score (nSPS) is 17.7. The van der Waals surface area contributed by atoms with E-state index in [-0.39, 0.29) is 36.8 Å². The van der Waals surface area contributed by atoms with Crippen LogP contribution < -0.4 is 7.16 Å². The van der Waals surface area contributed by atoms with Crippen molar-refractivity contribution in [1.82, 2.24) is 9.80 Å². The van der Waals surface area contributed by atoms with Crippen LogP contribution in [-0.4, -0.2) is 87.3 Å². The number of carbonyl (C=O) groups is 4. The molecule has 0 fully saturated rings. The molecular weight excluding hydrogens is 723 g/mol. The molecule has 3 aliphatic rings. The number of unbranched alkanes of at least 4 members (excludes halogenated alkanes) is 2. The number of hydrogen-bond donors (Lipinski definition) is 2. The van der Waals surface area contributed by atoms with Crippen molar-refractivity contribution in [3.05, 3.63) is 58.7 Å². The average molecular weight is 765 g/mol. The molecule has 0 spiro atoms. The van der Waals surface area contributed by atoms with Gasteiger partial charge in [-0.3, -0.25) is 0 Å². The van der Waals surface area contributed by atoms with E-state index in [0.29, 0.717) is 45.9 Å². The zero-order chi connectivity index (χ0) is 34.5. The molecule has 5 aromatic rings. The maximum absolute atomic E-state index is 14.5. The van der Waals surface area contributed by atoms with Gasteiger partial charge in [-0.25, -0.2) is 0 Å². The van der Waals surface area contributed by atoms with Crippen molar-refractivity contribution >= 4 is 92.3 Å². The van der Waals surface area contributed by atoms with Gasteiger partial charge in [-0.2, -0.15) is 0 Å². The van der Waals surface area contributed by atoms with Crippen molar-refractivity contribution in [1.29, 1.82) is 0 Å². The second-order valence-corrected chi connectivity index (χ2v) is 26.4. The Hall–Kier alpha value is -3.60. The van der Waals surface area contributed by atoms with Crippen LogP contribution in [0, 0.1) is 0 Å². The predicted molar refractivity (Wildman–Crippen MR) is 195 cm³/mol. The van der Waals surface area contributed by atoms with Crippen molar-refractivity contribution < 1.29 is 29.4 Å². The summed E-state index contributed by atoms with van der Waals surface area (Å²) in [6, 6.07) is 10.6. The van der Waals surface area contributed by atoms with Gasteiger partial charge in [0, 0.05) is 0 Å². The number of hydrogen-bond acceptors (Lipinski definition) is 6. The van der Waals surface area contributed by atoms with Crippen LogP contribution in [0.2, 0.25) is 8.87 Å². The van der Waals surface area contributed by atoms with Crippen LogP contribution in [0.15, 0.2) is 36.4 Å². The number of amides is 4. The Morgan fingerprint density at radius 2 is 0.939 bits per heavy atom. The van der Waals surface area contributed by atoms with Crippen molar-refractivity contribution in [3.8, 4) is 0 Å². The van der Waals surface area contributed by atoms with E-state index < -0.39 is 30.5 Å². The molecule has 0 bridgehead atoms. The molecule has 0 radical (unpaired) electrons. The Kier molecular flexibility index (Phi) is 7.81. The summed E-state index contributed by atoms with van der Waals surface area (Å²) in [5.74, 6) is -1.46. The van der Waals surface area contributed by atoms with Crippen LogP contribution >= 0.6 is 0 Å². The van der Waals surface area contributed by atoms with E-state index in [1.165, 1.54) is 17.0 Å². The van der Waals surface area contributed by atoms with Gasteiger partial charge in [-0.15, -0.1) is 0 Å². The molecule has 0 aromatic heterocycles. The molecule has 0 aliphatic carbocycles. The number of rotatable bonds is 12. The summed E-state index contributed by atoms with van der Waals surface area (Å²) in [5.41, 5.74) is 2.02. The molecule has 252 valence electrons. The molecule has 0 saturated carbocycles. The number of imide groups is 2. The third-order valence-electron chi connectivity index (χ3n) is 11.9. The molecule has 2 unspecified atom stereocenters. The summed E-state index contributed by atoms with van der Waals surface area (Å²) in [6.45, 7) is 7.56. The van der Waals surface area contributed by atoms with E-state index in [0.717, 1.165) is 66.9 Å². The Morgan fingerprint density at radius 1 is 0.551 bits per heavy atom. The van der Waals surface area contributed by atoms with Gasteiger partial charge >= 0.3 is 290 Å². The van der Waals surface area contributed by atoms with E-state index >= 15 is 0 Å². The summed E-state index contributed by atoms with van der Waals surface area (Å²) in [6.07, 6.45) is 5.00. The van der Waals surface area contributed by atoms with Gasteiger partial charge in [0.1, 0.15) is 0 Å². The van der Waals surface area contributed by atoms with Gasteiger partial charge in [-0.1, -0.05) is 0 Å². The number of nitrogens with zero attached hydrogens (tertiary/aromatic N) is 2. The summed E-state index contributed by atoms with van der Waals surface area (Å²) < 4.78 is 4.58. The van der Waals surface area contributed by atoms with Crippen molar-refractivity contribution in [3.63, 3.8) is 0 Å². The van der Waals surface area contributed by atoms with Gasteiger partial charge in [0.05, 0.1) is 0 Å². The average Bonchev–Trinajstić information content (AvgIpc) is 3.39. The van der Waals surface area contributed by atoms with Gasteiger partial charge in [0.2, 0.25) is 0 Å². The quantitative estimate of drug-likeness (QED) is 0.0703. The van der Waals surface area contributed by atoms with Gasteiger partial charge in [-0.05, 0) is 0 Å². The minimum atomic E-state index is -3.74. The molecule has 0 saturated heterocycles. The van der Waals surface area contributed by atoms with E-state index in [1.54, 1.807) is 0 Å². The number of benzene rings is 5. The molecule has 49 heavy (non-hydrogen) atoms. The van der Waals surface area contributed by atoms with Crippen LogP contribution in [0.25, 0.3) is 43.1 Å². The van der Waals surface area contributed by atoms with Gasteiger partial charge in [0.25, 0.3) is 0 Å². The molecule has 4 amide bonds. The number of aliphatic hydroxyl groups is 2. The Morgan fingerprint density at radius 3 is 1.29 bits per heavy atom. The van der Waals surface area contributed by atoms with Gasteiger partial charge in [0.15, 0.2) is 0 Å². The molecule has 3 heterocycles. The minimum absolute atomic E-state index is 0.299. The zero-order valence-corrected chi connectivity index (χ0v) is 31.5. The van der Waals surface area contributed by atoms with E-state index in [2.05, 4.69) is 26.0 Å². The zero-order valence-electron chi connectivity index (χ0n) is 28.6. The molecule has 3 aliphatic heterocycles. The molecule has 8 nitrogen and oxygen atoms in total. The first kappa shape index (κ1) is 32.6. The molecule has 5 aromatic carbocycles. The standard InChI is InChI=1S/C32H24N2O6.2C4H9.Sn/c1-3-15(13-35)33-29(37)21-9-5-17-19-7-11-23-28-24(32(40)34(31(23)39)16(4-2)14-36)12-8-20(26(19)28)18-6-10-22(30(33)38)27(21)25(17)18;2*1-3-4-2;/h5,7,9-12,15-16,35-36H,3-4,13-14H2,1-2H3;2*1,3-4H2,2H3;.